The SMILES string of the molecule is CC(F)(F)S(=O)(=O)N1CCC2(CCCCC2)CC1. The highest BCUT2D eigenvalue weighted by Gasteiger charge is 2.47. The third-order valence-electron chi connectivity index (χ3n) is 4.49. The molecule has 3 nitrogen and oxygen atoms in total. The molecule has 1 aliphatic heterocycles. The summed E-state index contributed by atoms with van der Waals surface area (Å²) < 4.78 is 50.5. The van der Waals surface area contributed by atoms with Crippen LogP contribution in [-0.4, -0.2) is 31.1 Å². The number of alkyl halides is 2. The largest absolute Gasteiger partial charge is 0.356 e. The summed E-state index contributed by atoms with van der Waals surface area (Å²) in [5.41, 5.74) is 0.229. The lowest BCUT2D eigenvalue weighted by Crippen LogP contribution is -2.48. The topological polar surface area (TPSA) is 37.4 Å². The first kappa shape index (κ1) is 14.2. The predicted molar refractivity (Wildman–Crippen MR) is 65.9 cm³/mol. The van der Waals surface area contributed by atoms with Crippen molar-refractivity contribution in [1.82, 2.24) is 4.31 Å². The van der Waals surface area contributed by atoms with Crippen LogP contribution in [0.5, 0.6) is 0 Å². The van der Waals surface area contributed by atoms with Crippen molar-refractivity contribution in [2.45, 2.75) is 57.1 Å². The number of rotatable bonds is 2. The molecular formula is C12H21F2NO2S. The average Bonchev–Trinajstić information content (AvgIpc) is 2.29. The van der Waals surface area contributed by atoms with Crippen LogP contribution < -0.4 is 0 Å². The molecule has 0 N–H and O–H groups in total. The van der Waals surface area contributed by atoms with Crippen LogP contribution in [0.2, 0.25) is 0 Å². The molecule has 2 aliphatic rings. The molecule has 0 bridgehead atoms. The molecule has 0 atom stereocenters. The van der Waals surface area contributed by atoms with Crippen molar-refractivity contribution >= 4 is 10.0 Å². The van der Waals surface area contributed by atoms with E-state index in [2.05, 4.69) is 0 Å². The minimum atomic E-state index is -4.45. The van der Waals surface area contributed by atoms with Gasteiger partial charge in [0.25, 0.3) is 10.0 Å². The Balaban J connectivity index is 2.02. The Hall–Kier alpha value is -0.230. The Labute approximate surface area is 108 Å². The zero-order valence-electron chi connectivity index (χ0n) is 10.8. The minimum absolute atomic E-state index is 0.229. The van der Waals surface area contributed by atoms with Gasteiger partial charge in [0, 0.05) is 20.0 Å². The summed E-state index contributed by atoms with van der Waals surface area (Å²) in [4.78, 5) is 0. The van der Waals surface area contributed by atoms with E-state index in [0.717, 1.165) is 30.0 Å². The fraction of sp³-hybridized carbons (Fsp3) is 1.00. The lowest BCUT2D eigenvalue weighted by Gasteiger charge is -2.44. The van der Waals surface area contributed by atoms with E-state index >= 15 is 0 Å². The van der Waals surface area contributed by atoms with Gasteiger partial charge in [-0.2, -0.15) is 13.1 Å². The lowest BCUT2D eigenvalue weighted by atomic mass is 9.68. The van der Waals surface area contributed by atoms with Gasteiger partial charge in [0.05, 0.1) is 0 Å². The summed E-state index contributed by atoms with van der Waals surface area (Å²) in [6.45, 7) is 0.977. The maximum Gasteiger partial charge on any atom is 0.356 e. The van der Waals surface area contributed by atoms with E-state index in [1.54, 1.807) is 0 Å². The van der Waals surface area contributed by atoms with Crippen LogP contribution in [0.25, 0.3) is 0 Å². The monoisotopic (exact) mass is 281 g/mol. The number of piperidine rings is 1. The second-order valence-corrected chi connectivity index (χ2v) is 7.96. The summed E-state index contributed by atoms with van der Waals surface area (Å²) in [5.74, 6) is 0. The number of sulfonamides is 1. The van der Waals surface area contributed by atoms with Crippen molar-refractivity contribution in [3.05, 3.63) is 0 Å². The smallest absolute Gasteiger partial charge is 0.206 e. The number of hydrogen-bond donors (Lipinski definition) is 0. The number of nitrogens with zero attached hydrogens (tertiary/aromatic N) is 1. The Kier molecular flexibility index (Phi) is 3.71. The van der Waals surface area contributed by atoms with Gasteiger partial charge in [-0.05, 0) is 31.1 Å². The molecule has 0 aromatic heterocycles. The van der Waals surface area contributed by atoms with E-state index < -0.39 is 15.3 Å². The van der Waals surface area contributed by atoms with Gasteiger partial charge in [0.1, 0.15) is 0 Å². The quantitative estimate of drug-likeness (QED) is 0.780. The normalized spacial score (nSPS) is 26.4. The van der Waals surface area contributed by atoms with Crippen molar-refractivity contribution in [3.63, 3.8) is 0 Å². The maximum absolute atomic E-state index is 13.1. The van der Waals surface area contributed by atoms with Crippen molar-refractivity contribution in [2.24, 2.45) is 5.41 Å². The third-order valence-corrected chi connectivity index (χ3v) is 6.44. The van der Waals surface area contributed by atoms with E-state index in [1.165, 1.54) is 19.3 Å². The molecule has 0 unspecified atom stereocenters. The highest BCUT2D eigenvalue weighted by Crippen LogP contribution is 2.45. The maximum atomic E-state index is 13.1. The highest BCUT2D eigenvalue weighted by atomic mass is 32.2. The molecular weight excluding hydrogens is 260 g/mol. The van der Waals surface area contributed by atoms with Gasteiger partial charge in [-0.3, -0.25) is 0 Å². The molecule has 0 radical (unpaired) electrons. The van der Waals surface area contributed by atoms with Crippen LogP contribution in [-0.2, 0) is 10.0 Å². The van der Waals surface area contributed by atoms with Crippen LogP contribution in [0.3, 0.4) is 0 Å². The van der Waals surface area contributed by atoms with Gasteiger partial charge in [0.2, 0.25) is 0 Å². The van der Waals surface area contributed by atoms with Gasteiger partial charge in [-0.1, -0.05) is 19.3 Å². The van der Waals surface area contributed by atoms with E-state index in [9.17, 15) is 17.2 Å². The Bertz CT molecular complexity index is 387. The molecule has 0 aromatic carbocycles. The molecule has 2 fully saturated rings. The van der Waals surface area contributed by atoms with Crippen LogP contribution in [0, 0.1) is 5.41 Å². The van der Waals surface area contributed by atoms with Crippen LogP contribution in [0.15, 0.2) is 0 Å². The van der Waals surface area contributed by atoms with Gasteiger partial charge in [0.15, 0.2) is 0 Å². The van der Waals surface area contributed by atoms with Crippen molar-refractivity contribution in [1.29, 1.82) is 0 Å². The first-order valence-electron chi connectivity index (χ1n) is 6.64. The molecule has 18 heavy (non-hydrogen) atoms. The second-order valence-electron chi connectivity index (χ2n) is 5.77. The standard InChI is InChI=1S/C12H21F2NO2S/c1-11(13,14)18(16,17)15-9-7-12(8-10-15)5-3-2-4-6-12/h2-10H2,1H3. The van der Waals surface area contributed by atoms with Gasteiger partial charge < -0.3 is 0 Å². The van der Waals surface area contributed by atoms with Crippen LogP contribution >= 0.6 is 0 Å². The van der Waals surface area contributed by atoms with E-state index in [0.29, 0.717) is 6.92 Å². The van der Waals surface area contributed by atoms with Crippen molar-refractivity contribution < 1.29 is 17.2 Å². The molecule has 1 saturated carbocycles. The Morgan fingerprint density at radius 1 is 1.00 bits per heavy atom. The number of hydrogen-bond acceptors (Lipinski definition) is 2. The zero-order chi connectivity index (χ0) is 13.4. The summed E-state index contributed by atoms with van der Waals surface area (Å²) in [6, 6.07) is 0. The van der Waals surface area contributed by atoms with E-state index in [1.807, 2.05) is 0 Å². The van der Waals surface area contributed by atoms with Crippen molar-refractivity contribution in [2.75, 3.05) is 13.1 Å². The summed E-state index contributed by atoms with van der Waals surface area (Å²) in [6.07, 6.45) is 7.36. The Morgan fingerprint density at radius 2 is 1.50 bits per heavy atom. The molecule has 106 valence electrons. The molecule has 1 saturated heterocycles. The van der Waals surface area contributed by atoms with Crippen molar-refractivity contribution in [3.8, 4) is 0 Å². The van der Waals surface area contributed by atoms with Gasteiger partial charge >= 0.3 is 5.25 Å². The van der Waals surface area contributed by atoms with Gasteiger partial charge in [-0.15, -0.1) is 0 Å². The first-order valence-corrected chi connectivity index (χ1v) is 8.08. The van der Waals surface area contributed by atoms with Gasteiger partial charge in [-0.25, -0.2) is 8.42 Å². The molecule has 1 aliphatic carbocycles. The number of halogens is 2. The van der Waals surface area contributed by atoms with E-state index in [-0.39, 0.29) is 18.5 Å². The summed E-state index contributed by atoms with van der Waals surface area (Å²) >= 11 is 0. The minimum Gasteiger partial charge on any atom is -0.206 e. The average molecular weight is 281 g/mol. The molecule has 0 aromatic rings. The first-order chi connectivity index (χ1) is 8.27. The third kappa shape index (κ3) is 2.54. The molecule has 1 spiro atoms. The van der Waals surface area contributed by atoms with Crippen LogP contribution in [0.1, 0.15) is 51.9 Å². The molecule has 0 amide bonds. The highest BCUT2D eigenvalue weighted by molar-refractivity contribution is 7.90. The molecule has 6 heteroatoms. The fourth-order valence-electron chi connectivity index (χ4n) is 3.23. The summed E-state index contributed by atoms with van der Waals surface area (Å²) in [5, 5.41) is -3.66. The zero-order valence-corrected chi connectivity index (χ0v) is 11.6. The lowest BCUT2D eigenvalue weighted by molar-refractivity contribution is 0.0779. The molecule has 1 heterocycles. The Morgan fingerprint density at radius 3 is 1.94 bits per heavy atom. The fourth-order valence-corrected chi connectivity index (χ4v) is 4.35. The van der Waals surface area contributed by atoms with Crippen LogP contribution in [0.4, 0.5) is 8.78 Å². The van der Waals surface area contributed by atoms with E-state index in [4.69, 9.17) is 0 Å². The molecule has 2 rings (SSSR count). The summed E-state index contributed by atoms with van der Waals surface area (Å²) in [7, 11) is -4.45. The second kappa shape index (κ2) is 4.71. The predicted octanol–water partition coefficient (Wildman–Crippen LogP) is 2.98.